The van der Waals surface area contributed by atoms with Gasteiger partial charge in [-0.05, 0) is 18.5 Å². The second-order valence-electron chi connectivity index (χ2n) is 3.09. The molecule has 9 heteroatoms. The molecule has 0 saturated heterocycles. The SMILES string of the molecule is Cc1csc(NS(=O)(=O)c2cnc(Cl)nc2)n1. The second-order valence-corrected chi connectivity index (χ2v) is 5.97. The lowest BCUT2D eigenvalue weighted by molar-refractivity contribution is 0.600. The van der Waals surface area contributed by atoms with E-state index in [1.807, 2.05) is 0 Å². The van der Waals surface area contributed by atoms with E-state index >= 15 is 0 Å². The number of halogens is 1. The van der Waals surface area contributed by atoms with Crippen molar-refractivity contribution in [2.75, 3.05) is 4.72 Å². The summed E-state index contributed by atoms with van der Waals surface area (Å²) in [5.74, 6) is 0. The fraction of sp³-hybridized carbons (Fsp3) is 0.125. The van der Waals surface area contributed by atoms with Gasteiger partial charge in [0.15, 0.2) is 5.13 Å². The van der Waals surface area contributed by atoms with Gasteiger partial charge in [-0.15, -0.1) is 11.3 Å². The van der Waals surface area contributed by atoms with Crippen LogP contribution in [0.4, 0.5) is 5.13 Å². The van der Waals surface area contributed by atoms with E-state index in [2.05, 4.69) is 19.7 Å². The fourth-order valence-electron chi connectivity index (χ4n) is 1.01. The number of hydrogen-bond acceptors (Lipinski definition) is 6. The molecule has 17 heavy (non-hydrogen) atoms. The molecule has 0 fully saturated rings. The van der Waals surface area contributed by atoms with Crippen LogP contribution in [0.15, 0.2) is 22.7 Å². The maximum atomic E-state index is 11.9. The molecule has 6 nitrogen and oxygen atoms in total. The van der Waals surface area contributed by atoms with Crippen LogP contribution in [-0.4, -0.2) is 23.4 Å². The standard InChI is InChI=1S/C8H7ClN4O2S2/c1-5-4-16-8(12-5)13-17(14,15)6-2-10-7(9)11-3-6/h2-4H,1H3,(H,12,13). The molecule has 2 aromatic heterocycles. The van der Waals surface area contributed by atoms with Gasteiger partial charge in [-0.1, -0.05) is 0 Å². The Bertz CT molecular complexity index is 623. The smallest absolute Gasteiger partial charge is 0.255 e. The summed E-state index contributed by atoms with van der Waals surface area (Å²) in [4.78, 5) is 11.2. The molecule has 0 radical (unpaired) electrons. The number of aromatic nitrogens is 3. The van der Waals surface area contributed by atoms with E-state index in [-0.39, 0.29) is 10.2 Å². The number of aryl methyl sites for hydroxylation is 1. The monoisotopic (exact) mass is 290 g/mol. The predicted octanol–water partition coefficient (Wildman–Crippen LogP) is 1.70. The minimum atomic E-state index is -3.70. The van der Waals surface area contributed by atoms with E-state index in [1.165, 1.54) is 11.3 Å². The van der Waals surface area contributed by atoms with Crippen molar-refractivity contribution in [3.63, 3.8) is 0 Å². The Morgan fingerprint density at radius 2 is 2.00 bits per heavy atom. The van der Waals surface area contributed by atoms with Gasteiger partial charge < -0.3 is 0 Å². The van der Waals surface area contributed by atoms with E-state index in [0.717, 1.165) is 18.1 Å². The Labute approximate surface area is 107 Å². The topological polar surface area (TPSA) is 84.8 Å². The van der Waals surface area contributed by atoms with Crippen LogP contribution in [0.3, 0.4) is 0 Å². The molecule has 0 aliphatic rings. The largest absolute Gasteiger partial charge is 0.266 e. The highest BCUT2D eigenvalue weighted by Gasteiger charge is 2.16. The summed E-state index contributed by atoms with van der Waals surface area (Å²) in [5.41, 5.74) is 0.750. The molecular weight excluding hydrogens is 284 g/mol. The first kappa shape index (κ1) is 12.2. The lowest BCUT2D eigenvalue weighted by Gasteiger charge is -2.03. The molecule has 2 heterocycles. The molecule has 90 valence electrons. The molecule has 0 aliphatic carbocycles. The number of anilines is 1. The van der Waals surface area contributed by atoms with Crippen molar-refractivity contribution >= 4 is 38.1 Å². The Morgan fingerprint density at radius 1 is 1.35 bits per heavy atom. The van der Waals surface area contributed by atoms with Gasteiger partial charge in [0.05, 0.1) is 18.1 Å². The third-order valence-corrected chi connectivity index (χ3v) is 4.24. The van der Waals surface area contributed by atoms with E-state index in [1.54, 1.807) is 12.3 Å². The average Bonchev–Trinajstić information content (AvgIpc) is 2.63. The Hall–Kier alpha value is -1.25. The molecule has 0 amide bonds. The summed E-state index contributed by atoms with van der Waals surface area (Å²) < 4.78 is 26.0. The summed E-state index contributed by atoms with van der Waals surface area (Å²) in [5, 5.41) is 2.04. The average molecular weight is 291 g/mol. The number of sulfonamides is 1. The molecule has 2 aromatic rings. The van der Waals surface area contributed by atoms with Crippen LogP contribution in [0, 0.1) is 6.92 Å². The fourth-order valence-corrected chi connectivity index (χ4v) is 2.94. The van der Waals surface area contributed by atoms with Gasteiger partial charge >= 0.3 is 0 Å². The summed E-state index contributed by atoms with van der Waals surface area (Å²) in [6, 6.07) is 0. The van der Waals surface area contributed by atoms with Crippen molar-refractivity contribution in [3.05, 3.63) is 28.8 Å². The van der Waals surface area contributed by atoms with Crippen LogP contribution in [0.5, 0.6) is 0 Å². The third-order valence-electron chi connectivity index (χ3n) is 1.75. The quantitative estimate of drug-likeness (QED) is 0.870. The highest BCUT2D eigenvalue weighted by molar-refractivity contribution is 7.93. The summed E-state index contributed by atoms with van der Waals surface area (Å²) in [6.07, 6.45) is 2.27. The van der Waals surface area contributed by atoms with E-state index in [0.29, 0.717) is 5.13 Å². The molecule has 0 unspecified atom stereocenters. The number of thiazole rings is 1. The van der Waals surface area contributed by atoms with Gasteiger partial charge in [0.25, 0.3) is 10.0 Å². The van der Waals surface area contributed by atoms with Crippen LogP contribution in [0.25, 0.3) is 0 Å². The molecule has 0 bridgehead atoms. The van der Waals surface area contributed by atoms with Crippen molar-refractivity contribution in [2.24, 2.45) is 0 Å². The van der Waals surface area contributed by atoms with Gasteiger partial charge in [-0.3, -0.25) is 4.72 Å². The van der Waals surface area contributed by atoms with Gasteiger partial charge in [0.2, 0.25) is 5.28 Å². The zero-order valence-corrected chi connectivity index (χ0v) is 11.0. The lowest BCUT2D eigenvalue weighted by atomic mass is 10.6. The number of nitrogens with zero attached hydrogens (tertiary/aromatic N) is 3. The number of hydrogen-bond donors (Lipinski definition) is 1. The molecule has 2 rings (SSSR count). The number of rotatable bonds is 3. The zero-order chi connectivity index (χ0) is 12.5. The lowest BCUT2D eigenvalue weighted by Crippen LogP contribution is -2.13. The van der Waals surface area contributed by atoms with Crippen LogP contribution in [0.2, 0.25) is 5.28 Å². The minimum Gasteiger partial charge on any atom is -0.255 e. The normalized spacial score (nSPS) is 11.4. The first-order valence-electron chi connectivity index (χ1n) is 4.40. The van der Waals surface area contributed by atoms with Gasteiger partial charge in [-0.25, -0.2) is 23.4 Å². The molecule has 0 spiro atoms. The Balaban J connectivity index is 2.28. The van der Waals surface area contributed by atoms with E-state index in [4.69, 9.17) is 11.6 Å². The van der Waals surface area contributed by atoms with Gasteiger partial charge in [0, 0.05) is 5.38 Å². The summed E-state index contributed by atoms with van der Waals surface area (Å²) in [6.45, 7) is 1.78. The van der Waals surface area contributed by atoms with Crippen molar-refractivity contribution in [3.8, 4) is 0 Å². The van der Waals surface area contributed by atoms with Crippen molar-refractivity contribution in [2.45, 2.75) is 11.8 Å². The Morgan fingerprint density at radius 3 is 2.53 bits per heavy atom. The van der Waals surface area contributed by atoms with Crippen LogP contribution in [-0.2, 0) is 10.0 Å². The minimum absolute atomic E-state index is 0.00552. The van der Waals surface area contributed by atoms with Crippen LogP contribution < -0.4 is 4.72 Å². The third kappa shape index (κ3) is 2.90. The molecule has 0 saturated carbocycles. The molecule has 0 atom stereocenters. The van der Waals surface area contributed by atoms with Crippen molar-refractivity contribution < 1.29 is 8.42 Å². The van der Waals surface area contributed by atoms with Crippen molar-refractivity contribution in [1.82, 2.24) is 15.0 Å². The van der Waals surface area contributed by atoms with Gasteiger partial charge in [-0.2, -0.15) is 0 Å². The first-order chi connectivity index (χ1) is 7.97. The molecule has 1 N–H and O–H groups in total. The van der Waals surface area contributed by atoms with Crippen LogP contribution in [0.1, 0.15) is 5.69 Å². The molecule has 0 aliphatic heterocycles. The van der Waals surface area contributed by atoms with Crippen LogP contribution >= 0.6 is 22.9 Å². The van der Waals surface area contributed by atoms with Gasteiger partial charge in [0.1, 0.15) is 4.90 Å². The summed E-state index contributed by atoms with van der Waals surface area (Å²) in [7, 11) is -3.70. The summed E-state index contributed by atoms with van der Waals surface area (Å²) >= 11 is 6.68. The molecule has 0 aromatic carbocycles. The first-order valence-corrected chi connectivity index (χ1v) is 7.14. The maximum Gasteiger partial charge on any atom is 0.266 e. The Kier molecular flexibility index (Phi) is 3.27. The number of nitrogens with one attached hydrogen (secondary N) is 1. The predicted molar refractivity (Wildman–Crippen MR) is 64.7 cm³/mol. The van der Waals surface area contributed by atoms with Crippen molar-refractivity contribution in [1.29, 1.82) is 0 Å². The highest BCUT2D eigenvalue weighted by Crippen LogP contribution is 2.19. The van der Waals surface area contributed by atoms with E-state index < -0.39 is 10.0 Å². The second kappa shape index (κ2) is 4.55. The molecular formula is C8H7ClN4O2S2. The highest BCUT2D eigenvalue weighted by atomic mass is 35.5. The zero-order valence-electron chi connectivity index (χ0n) is 8.58. The maximum absolute atomic E-state index is 11.9. The van der Waals surface area contributed by atoms with E-state index in [9.17, 15) is 8.42 Å².